The van der Waals surface area contributed by atoms with Crippen LogP contribution in [0.25, 0.3) is 0 Å². The lowest BCUT2D eigenvalue weighted by atomic mass is 9.97. The van der Waals surface area contributed by atoms with Gasteiger partial charge in [0.15, 0.2) is 0 Å². The third-order valence-corrected chi connectivity index (χ3v) is 3.52. The number of hydrogen-bond donors (Lipinski definition) is 1. The van der Waals surface area contributed by atoms with E-state index in [2.05, 4.69) is 0 Å². The van der Waals surface area contributed by atoms with Gasteiger partial charge in [-0.05, 0) is 31.9 Å². The van der Waals surface area contributed by atoms with Crippen molar-refractivity contribution in [2.45, 2.75) is 19.8 Å². The van der Waals surface area contributed by atoms with E-state index in [1.807, 2.05) is 0 Å². The zero-order valence-electron chi connectivity index (χ0n) is 11.7. The monoisotopic (exact) mass is 276 g/mol. The van der Waals surface area contributed by atoms with Gasteiger partial charge in [0.2, 0.25) is 0 Å². The van der Waals surface area contributed by atoms with E-state index in [1.165, 1.54) is 0 Å². The summed E-state index contributed by atoms with van der Waals surface area (Å²) in [5, 5.41) is 0. The summed E-state index contributed by atoms with van der Waals surface area (Å²) in [6.45, 7) is 3.22. The number of hydrogen-bond acceptors (Lipinski definition) is 4. The van der Waals surface area contributed by atoms with Gasteiger partial charge in [-0.25, -0.2) is 0 Å². The van der Waals surface area contributed by atoms with Gasteiger partial charge in [0.1, 0.15) is 0 Å². The van der Waals surface area contributed by atoms with E-state index in [0.29, 0.717) is 30.9 Å². The second-order valence-electron chi connectivity index (χ2n) is 4.93. The van der Waals surface area contributed by atoms with Crippen molar-refractivity contribution < 1.29 is 14.3 Å². The van der Waals surface area contributed by atoms with Gasteiger partial charge in [0.05, 0.1) is 18.1 Å². The molecule has 2 rings (SSSR count). The predicted molar refractivity (Wildman–Crippen MR) is 76.1 cm³/mol. The molecule has 1 fully saturated rings. The first-order valence-electron chi connectivity index (χ1n) is 6.94. The maximum atomic E-state index is 12.4. The average molecular weight is 276 g/mol. The molecule has 20 heavy (non-hydrogen) atoms. The van der Waals surface area contributed by atoms with Crippen LogP contribution in [0.15, 0.2) is 24.3 Å². The van der Waals surface area contributed by atoms with Gasteiger partial charge in [-0.15, -0.1) is 0 Å². The summed E-state index contributed by atoms with van der Waals surface area (Å²) in [4.78, 5) is 25.9. The van der Waals surface area contributed by atoms with Crippen molar-refractivity contribution >= 4 is 17.6 Å². The first kappa shape index (κ1) is 14.4. The summed E-state index contributed by atoms with van der Waals surface area (Å²) in [7, 11) is 0. The number of amides is 1. The Morgan fingerprint density at radius 2 is 2.15 bits per heavy atom. The van der Waals surface area contributed by atoms with Crippen LogP contribution in [0.4, 0.5) is 5.69 Å². The van der Waals surface area contributed by atoms with E-state index in [0.717, 1.165) is 12.8 Å². The van der Waals surface area contributed by atoms with Crippen molar-refractivity contribution in [3.05, 3.63) is 29.8 Å². The van der Waals surface area contributed by atoms with Crippen LogP contribution >= 0.6 is 0 Å². The third kappa shape index (κ3) is 3.10. The number of anilines is 1. The molecule has 0 saturated carbocycles. The molecule has 1 atom stereocenters. The zero-order valence-corrected chi connectivity index (χ0v) is 11.7. The van der Waals surface area contributed by atoms with Crippen LogP contribution in [0.2, 0.25) is 0 Å². The highest BCUT2D eigenvalue weighted by atomic mass is 16.5. The number of para-hydroxylation sites is 1. The molecular weight excluding hydrogens is 256 g/mol. The molecular formula is C15H20N2O3. The first-order valence-corrected chi connectivity index (χ1v) is 6.94. The quantitative estimate of drug-likeness (QED) is 0.673. The summed E-state index contributed by atoms with van der Waals surface area (Å²) in [5.74, 6) is -0.555. The molecule has 0 unspecified atom stereocenters. The maximum absolute atomic E-state index is 12.4. The zero-order chi connectivity index (χ0) is 14.5. The van der Waals surface area contributed by atoms with Gasteiger partial charge < -0.3 is 15.4 Å². The topological polar surface area (TPSA) is 72.6 Å². The van der Waals surface area contributed by atoms with Crippen LogP contribution in [-0.4, -0.2) is 36.5 Å². The Bertz CT molecular complexity index is 502. The van der Waals surface area contributed by atoms with Gasteiger partial charge in [-0.1, -0.05) is 12.1 Å². The molecule has 108 valence electrons. The van der Waals surface area contributed by atoms with Crippen LogP contribution in [0.3, 0.4) is 0 Å². The minimum Gasteiger partial charge on any atom is -0.466 e. The minimum absolute atomic E-state index is 0.114. The molecule has 0 aliphatic carbocycles. The van der Waals surface area contributed by atoms with Crippen LogP contribution in [0, 0.1) is 5.92 Å². The molecule has 1 aromatic rings. The number of likely N-dealkylation sites (tertiary alicyclic amines) is 1. The number of rotatable bonds is 3. The molecule has 1 amide bonds. The normalized spacial score (nSPS) is 18.6. The second-order valence-corrected chi connectivity index (χ2v) is 4.93. The smallest absolute Gasteiger partial charge is 0.310 e. The number of nitrogens with zero attached hydrogens (tertiary/aromatic N) is 1. The molecule has 1 saturated heterocycles. The summed E-state index contributed by atoms with van der Waals surface area (Å²) in [5.41, 5.74) is 6.80. The molecule has 5 nitrogen and oxygen atoms in total. The van der Waals surface area contributed by atoms with Crippen molar-refractivity contribution in [1.82, 2.24) is 4.90 Å². The first-order chi connectivity index (χ1) is 9.63. The highest BCUT2D eigenvalue weighted by Gasteiger charge is 2.30. The Balaban J connectivity index is 2.07. The summed E-state index contributed by atoms with van der Waals surface area (Å²) in [6, 6.07) is 7.01. The van der Waals surface area contributed by atoms with Crippen LogP contribution < -0.4 is 5.73 Å². The Labute approximate surface area is 118 Å². The molecule has 0 radical (unpaired) electrons. The fourth-order valence-corrected chi connectivity index (χ4v) is 2.48. The molecule has 1 aliphatic heterocycles. The third-order valence-electron chi connectivity index (χ3n) is 3.52. The molecule has 0 aromatic heterocycles. The van der Waals surface area contributed by atoms with Crippen molar-refractivity contribution in [3.63, 3.8) is 0 Å². The number of carbonyl (C=O) groups is 2. The van der Waals surface area contributed by atoms with E-state index in [9.17, 15) is 9.59 Å². The highest BCUT2D eigenvalue weighted by molar-refractivity contribution is 5.99. The lowest BCUT2D eigenvalue weighted by Gasteiger charge is -2.31. The number of carbonyl (C=O) groups excluding carboxylic acids is 2. The average Bonchev–Trinajstić information content (AvgIpc) is 2.47. The maximum Gasteiger partial charge on any atom is 0.310 e. The predicted octanol–water partition coefficient (Wildman–Crippen LogP) is 1.68. The van der Waals surface area contributed by atoms with E-state index >= 15 is 0 Å². The largest absolute Gasteiger partial charge is 0.466 e. The Hall–Kier alpha value is -2.04. The summed E-state index contributed by atoms with van der Waals surface area (Å²) in [6.07, 6.45) is 1.58. The van der Waals surface area contributed by atoms with E-state index in [-0.39, 0.29) is 17.8 Å². The Morgan fingerprint density at radius 3 is 2.85 bits per heavy atom. The number of piperidine rings is 1. The van der Waals surface area contributed by atoms with Gasteiger partial charge in [0.25, 0.3) is 5.91 Å². The lowest BCUT2D eigenvalue weighted by Crippen LogP contribution is -2.43. The van der Waals surface area contributed by atoms with Gasteiger partial charge in [-0.3, -0.25) is 9.59 Å². The molecule has 1 aliphatic rings. The number of nitrogen functional groups attached to an aromatic ring is 1. The summed E-state index contributed by atoms with van der Waals surface area (Å²) < 4.78 is 5.04. The van der Waals surface area contributed by atoms with Crippen LogP contribution in [0.1, 0.15) is 30.1 Å². The standard InChI is InChI=1S/C15H20N2O3/c1-2-20-15(19)11-6-5-9-17(10-11)14(18)12-7-3-4-8-13(12)16/h3-4,7-8,11H,2,5-6,9-10,16H2,1H3/t11-/m0/s1. The Kier molecular flexibility index (Phi) is 4.61. The highest BCUT2D eigenvalue weighted by Crippen LogP contribution is 2.21. The van der Waals surface area contributed by atoms with E-state index in [4.69, 9.17) is 10.5 Å². The van der Waals surface area contributed by atoms with E-state index in [1.54, 1.807) is 36.1 Å². The van der Waals surface area contributed by atoms with Crippen molar-refractivity contribution in [2.75, 3.05) is 25.4 Å². The molecule has 0 bridgehead atoms. The molecule has 2 N–H and O–H groups in total. The van der Waals surface area contributed by atoms with Gasteiger partial charge >= 0.3 is 5.97 Å². The fraction of sp³-hybridized carbons (Fsp3) is 0.467. The summed E-state index contributed by atoms with van der Waals surface area (Å²) >= 11 is 0. The SMILES string of the molecule is CCOC(=O)[C@H]1CCCN(C(=O)c2ccccc2N)C1. The van der Waals surface area contributed by atoms with Gasteiger partial charge in [-0.2, -0.15) is 0 Å². The lowest BCUT2D eigenvalue weighted by molar-refractivity contribution is -0.149. The second kappa shape index (κ2) is 6.41. The van der Waals surface area contributed by atoms with Crippen LogP contribution in [-0.2, 0) is 9.53 Å². The molecule has 1 aromatic carbocycles. The van der Waals surface area contributed by atoms with Crippen LogP contribution in [0.5, 0.6) is 0 Å². The Morgan fingerprint density at radius 1 is 1.40 bits per heavy atom. The number of ether oxygens (including phenoxy) is 1. The van der Waals surface area contributed by atoms with Gasteiger partial charge in [0, 0.05) is 18.8 Å². The molecule has 1 heterocycles. The molecule has 0 spiro atoms. The minimum atomic E-state index is -0.224. The molecule has 5 heteroatoms. The number of esters is 1. The number of nitrogens with two attached hydrogens (primary N) is 1. The number of benzene rings is 1. The van der Waals surface area contributed by atoms with Crippen molar-refractivity contribution in [3.8, 4) is 0 Å². The fourth-order valence-electron chi connectivity index (χ4n) is 2.48. The van der Waals surface area contributed by atoms with Crippen molar-refractivity contribution in [2.24, 2.45) is 5.92 Å². The van der Waals surface area contributed by atoms with E-state index < -0.39 is 0 Å². The van der Waals surface area contributed by atoms with Crippen molar-refractivity contribution in [1.29, 1.82) is 0 Å².